The molecule has 208 valence electrons. The molecule has 1 atom stereocenters. The molecule has 2 aliphatic heterocycles. The van der Waals surface area contributed by atoms with Crippen LogP contribution in [0, 0.1) is 18.3 Å². The third kappa shape index (κ3) is 4.75. The molecule has 0 saturated carbocycles. The Labute approximate surface area is 227 Å². The smallest absolute Gasteiger partial charge is 0.434 e. The van der Waals surface area contributed by atoms with Gasteiger partial charge in [0.15, 0.2) is 5.69 Å². The Balaban J connectivity index is 1.30. The van der Waals surface area contributed by atoms with E-state index in [1.165, 1.54) is 16.9 Å². The number of aromatic nitrogens is 7. The van der Waals surface area contributed by atoms with Crippen LogP contribution in [0.2, 0.25) is 0 Å². The van der Waals surface area contributed by atoms with E-state index in [2.05, 4.69) is 36.3 Å². The van der Waals surface area contributed by atoms with Crippen molar-refractivity contribution < 1.29 is 22.6 Å². The average molecular weight is 554 g/mol. The maximum Gasteiger partial charge on any atom is 0.434 e. The summed E-state index contributed by atoms with van der Waals surface area (Å²) in [7, 11) is 0. The topological polar surface area (TPSA) is 119 Å². The lowest BCUT2D eigenvalue weighted by Gasteiger charge is -2.41. The summed E-state index contributed by atoms with van der Waals surface area (Å²) >= 11 is 0. The SMILES string of the molecule is Cc1c(-c2cc(OC(C)c3cncc(C(F)(F)F)n3)c3c(C#N)cnn3c2)nnn1C1CCN(C2COC2)CC1. The highest BCUT2D eigenvalue weighted by molar-refractivity contribution is 5.74. The van der Waals surface area contributed by atoms with E-state index >= 15 is 0 Å². The largest absolute Gasteiger partial charge is 0.482 e. The van der Waals surface area contributed by atoms with Crippen molar-refractivity contribution in [2.45, 2.75) is 51.1 Å². The summed E-state index contributed by atoms with van der Waals surface area (Å²) < 4.78 is 54.5. The van der Waals surface area contributed by atoms with Gasteiger partial charge in [0.25, 0.3) is 0 Å². The Morgan fingerprint density at radius 3 is 2.60 bits per heavy atom. The number of pyridine rings is 1. The van der Waals surface area contributed by atoms with Gasteiger partial charge < -0.3 is 9.47 Å². The Hall–Kier alpha value is -4.09. The van der Waals surface area contributed by atoms with E-state index in [9.17, 15) is 18.4 Å². The molecule has 0 radical (unpaired) electrons. The fraction of sp³-hybridized carbons (Fsp3) is 0.462. The van der Waals surface area contributed by atoms with Gasteiger partial charge >= 0.3 is 6.18 Å². The molecule has 6 heterocycles. The zero-order valence-electron chi connectivity index (χ0n) is 21.8. The molecule has 11 nitrogen and oxygen atoms in total. The van der Waals surface area contributed by atoms with Crippen molar-refractivity contribution in [1.29, 1.82) is 5.26 Å². The van der Waals surface area contributed by atoms with E-state index < -0.39 is 18.0 Å². The minimum Gasteiger partial charge on any atom is -0.482 e. The minimum absolute atomic E-state index is 0.00154. The standard InChI is InChI=1S/C26H26F3N9O2/c1-15-24(34-35-38(15)19-3-5-36(6-4-19)20-13-39-14-20)17-7-22(25-18(8-30)9-32-37(25)12-17)40-16(2)21-10-31-11-23(33-21)26(27,28)29/h7,9-12,16,19-20H,3-6,13-14H2,1-2H3. The monoisotopic (exact) mass is 553 g/mol. The Kier molecular flexibility index (Phi) is 6.63. The summed E-state index contributed by atoms with van der Waals surface area (Å²) in [6.07, 6.45) is 1.39. The first-order valence-corrected chi connectivity index (χ1v) is 12.9. The van der Waals surface area contributed by atoms with Crippen LogP contribution >= 0.6 is 0 Å². The van der Waals surface area contributed by atoms with Crippen molar-refractivity contribution in [3.63, 3.8) is 0 Å². The lowest BCUT2D eigenvalue weighted by atomic mass is 10.0. The lowest BCUT2D eigenvalue weighted by Crippen LogP contribution is -2.52. The zero-order chi connectivity index (χ0) is 28.0. The molecule has 0 aliphatic carbocycles. The van der Waals surface area contributed by atoms with Crippen molar-refractivity contribution in [2.75, 3.05) is 26.3 Å². The van der Waals surface area contributed by atoms with E-state index in [1.54, 1.807) is 19.2 Å². The molecular formula is C26H26F3N9O2. The second-order valence-electron chi connectivity index (χ2n) is 10.1. The van der Waals surface area contributed by atoms with Crippen LogP contribution in [-0.4, -0.2) is 71.8 Å². The van der Waals surface area contributed by atoms with Crippen molar-refractivity contribution >= 4 is 5.52 Å². The lowest BCUT2D eigenvalue weighted by molar-refractivity contribution is -0.141. The number of alkyl halides is 3. The van der Waals surface area contributed by atoms with Crippen molar-refractivity contribution in [1.82, 2.24) is 39.5 Å². The molecule has 40 heavy (non-hydrogen) atoms. The number of nitriles is 1. The number of nitrogens with zero attached hydrogens (tertiary/aromatic N) is 9. The van der Waals surface area contributed by atoms with Gasteiger partial charge in [-0.05, 0) is 32.8 Å². The van der Waals surface area contributed by atoms with E-state index in [4.69, 9.17) is 9.47 Å². The van der Waals surface area contributed by atoms with Crippen LogP contribution in [0.15, 0.2) is 30.9 Å². The van der Waals surface area contributed by atoms with E-state index in [1.807, 2.05) is 11.6 Å². The van der Waals surface area contributed by atoms with Crippen LogP contribution in [0.25, 0.3) is 16.8 Å². The maximum atomic E-state index is 13.2. The van der Waals surface area contributed by atoms with Crippen LogP contribution in [0.3, 0.4) is 0 Å². The number of hydrogen-bond acceptors (Lipinski definition) is 9. The second kappa shape index (κ2) is 10.1. The molecule has 2 saturated heterocycles. The Bertz CT molecular complexity index is 1580. The Morgan fingerprint density at radius 1 is 1.15 bits per heavy atom. The normalized spacial score (nSPS) is 18.0. The molecule has 0 aromatic carbocycles. The van der Waals surface area contributed by atoms with E-state index in [-0.39, 0.29) is 23.0 Å². The van der Waals surface area contributed by atoms with Crippen LogP contribution in [0.5, 0.6) is 5.75 Å². The molecule has 14 heteroatoms. The summed E-state index contributed by atoms with van der Waals surface area (Å²) in [6.45, 7) is 7.06. The number of halogens is 3. The van der Waals surface area contributed by atoms with Crippen molar-refractivity contribution in [3.8, 4) is 23.1 Å². The van der Waals surface area contributed by atoms with Gasteiger partial charge in [-0.3, -0.25) is 9.88 Å². The molecule has 0 amide bonds. The zero-order valence-corrected chi connectivity index (χ0v) is 21.8. The summed E-state index contributed by atoms with van der Waals surface area (Å²) in [5, 5.41) is 22.9. The molecule has 6 rings (SSSR count). The first kappa shape index (κ1) is 26.1. The van der Waals surface area contributed by atoms with Crippen LogP contribution in [-0.2, 0) is 10.9 Å². The van der Waals surface area contributed by atoms with Crippen molar-refractivity contribution in [3.05, 3.63) is 53.5 Å². The Morgan fingerprint density at radius 2 is 1.93 bits per heavy atom. The van der Waals surface area contributed by atoms with Crippen molar-refractivity contribution in [2.24, 2.45) is 0 Å². The number of rotatable bonds is 6. The number of likely N-dealkylation sites (tertiary alicyclic amines) is 1. The molecule has 0 bridgehead atoms. The first-order chi connectivity index (χ1) is 19.2. The van der Waals surface area contributed by atoms with Crippen LogP contribution in [0.4, 0.5) is 13.2 Å². The van der Waals surface area contributed by atoms with Gasteiger partial charge in [-0.25, -0.2) is 14.2 Å². The molecular weight excluding hydrogens is 527 g/mol. The van der Waals surface area contributed by atoms with Gasteiger partial charge in [0.1, 0.15) is 34.7 Å². The van der Waals surface area contributed by atoms with Gasteiger partial charge in [-0.15, -0.1) is 5.10 Å². The van der Waals surface area contributed by atoms with Gasteiger partial charge in [-0.2, -0.15) is 23.5 Å². The fourth-order valence-electron chi connectivity index (χ4n) is 5.23. The first-order valence-electron chi connectivity index (χ1n) is 12.9. The summed E-state index contributed by atoms with van der Waals surface area (Å²) in [4.78, 5) is 9.84. The van der Waals surface area contributed by atoms with Crippen LogP contribution < -0.4 is 4.74 Å². The molecule has 0 N–H and O–H groups in total. The minimum atomic E-state index is -4.64. The highest BCUT2D eigenvalue weighted by atomic mass is 19.4. The highest BCUT2D eigenvalue weighted by Gasteiger charge is 2.34. The quantitative estimate of drug-likeness (QED) is 0.352. The third-order valence-electron chi connectivity index (χ3n) is 7.54. The average Bonchev–Trinajstić information content (AvgIpc) is 3.51. The molecule has 2 fully saturated rings. The number of piperidine rings is 1. The number of ether oxygens (including phenoxy) is 2. The van der Waals surface area contributed by atoms with E-state index in [0.29, 0.717) is 29.0 Å². The molecule has 4 aromatic rings. The van der Waals surface area contributed by atoms with E-state index in [0.717, 1.165) is 44.8 Å². The fourth-order valence-corrected chi connectivity index (χ4v) is 5.23. The summed E-state index contributed by atoms with van der Waals surface area (Å²) in [5.41, 5.74) is 1.68. The second-order valence-corrected chi connectivity index (χ2v) is 10.1. The summed E-state index contributed by atoms with van der Waals surface area (Å²) in [6, 6.07) is 4.51. The van der Waals surface area contributed by atoms with Gasteiger partial charge in [0.05, 0.1) is 55.3 Å². The summed E-state index contributed by atoms with van der Waals surface area (Å²) in [5.74, 6) is 0.253. The van der Waals surface area contributed by atoms with Gasteiger partial charge in [-0.1, -0.05) is 5.21 Å². The molecule has 4 aromatic heterocycles. The molecule has 2 aliphatic rings. The third-order valence-corrected chi connectivity index (χ3v) is 7.54. The molecule has 0 spiro atoms. The van der Waals surface area contributed by atoms with Gasteiger partial charge in [0.2, 0.25) is 0 Å². The predicted octanol–water partition coefficient (Wildman–Crippen LogP) is 3.76. The highest BCUT2D eigenvalue weighted by Crippen LogP contribution is 2.35. The number of fused-ring (bicyclic) bond motifs is 1. The number of hydrogen-bond donors (Lipinski definition) is 0. The predicted molar refractivity (Wildman–Crippen MR) is 134 cm³/mol. The van der Waals surface area contributed by atoms with Gasteiger partial charge in [0, 0.05) is 24.8 Å². The maximum absolute atomic E-state index is 13.2. The molecule has 1 unspecified atom stereocenters. The van der Waals surface area contributed by atoms with Crippen LogP contribution in [0.1, 0.15) is 54.6 Å².